The third kappa shape index (κ3) is 3.17. The average molecular weight is 187 g/mol. The second-order valence-electron chi connectivity index (χ2n) is 3.48. The minimum absolute atomic E-state index is 0.961. The Morgan fingerprint density at radius 2 is 2.29 bits per heavy atom. The number of pyridine rings is 1. The van der Waals surface area contributed by atoms with Gasteiger partial charge in [0.2, 0.25) is 0 Å². The summed E-state index contributed by atoms with van der Waals surface area (Å²) in [6.45, 7) is 8.33. The molecule has 1 heteroatoms. The van der Waals surface area contributed by atoms with Gasteiger partial charge in [-0.2, -0.15) is 0 Å². The molecule has 0 aliphatic rings. The smallest absolute Gasteiger partial charge is 0.0695 e. The Balaban J connectivity index is 2.72. The maximum absolute atomic E-state index is 4.25. The Bertz CT molecular complexity index is 322. The van der Waals surface area contributed by atoms with Gasteiger partial charge in [-0.05, 0) is 31.1 Å². The first kappa shape index (κ1) is 10.7. The van der Waals surface area contributed by atoms with Crippen LogP contribution >= 0.6 is 0 Å². The molecule has 0 spiro atoms. The van der Waals surface area contributed by atoms with Crippen LogP contribution in [0.1, 0.15) is 32.4 Å². The number of nitrogens with zero attached hydrogens (tertiary/aromatic N) is 1. The fraction of sp³-hybridized carbons (Fsp3) is 0.308. The molecular formula is C13H17N. The van der Waals surface area contributed by atoms with Crippen LogP contribution < -0.4 is 0 Å². The van der Waals surface area contributed by atoms with Gasteiger partial charge >= 0.3 is 0 Å². The van der Waals surface area contributed by atoms with Gasteiger partial charge in [0.15, 0.2) is 0 Å². The van der Waals surface area contributed by atoms with Crippen LogP contribution in [0, 0.1) is 0 Å². The van der Waals surface area contributed by atoms with E-state index in [4.69, 9.17) is 0 Å². The van der Waals surface area contributed by atoms with E-state index in [0.717, 1.165) is 17.7 Å². The van der Waals surface area contributed by atoms with Crippen molar-refractivity contribution in [2.24, 2.45) is 0 Å². The standard InChI is InChI=1S/C13H17N/c1-4-7-11(2)10-12(3)13-8-5-6-9-14-13/h5-6,8-10H,3-4,7H2,1-2H3/b11-10-. The van der Waals surface area contributed by atoms with Gasteiger partial charge in [-0.1, -0.05) is 37.6 Å². The SMILES string of the molecule is C=C(/C=C(/C)CCC)c1ccccn1. The molecule has 0 radical (unpaired) electrons. The van der Waals surface area contributed by atoms with Crippen molar-refractivity contribution < 1.29 is 0 Å². The van der Waals surface area contributed by atoms with E-state index in [0.29, 0.717) is 0 Å². The van der Waals surface area contributed by atoms with E-state index in [1.165, 1.54) is 12.0 Å². The van der Waals surface area contributed by atoms with E-state index >= 15 is 0 Å². The second-order valence-corrected chi connectivity index (χ2v) is 3.48. The third-order valence-electron chi connectivity index (χ3n) is 2.06. The van der Waals surface area contributed by atoms with E-state index in [-0.39, 0.29) is 0 Å². The minimum Gasteiger partial charge on any atom is -0.256 e. The lowest BCUT2D eigenvalue weighted by atomic mass is 10.1. The number of aromatic nitrogens is 1. The average Bonchev–Trinajstić information content (AvgIpc) is 2.19. The summed E-state index contributed by atoms with van der Waals surface area (Å²) in [4.78, 5) is 4.25. The minimum atomic E-state index is 0.961. The topological polar surface area (TPSA) is 12.9 Å². The zero-order valence-electron chi connectivity index (χ0n) is 8.96. The van der Waals surface area contributed by atoms with Gasteiger partial charge in [0.1, 0.15) is 0 Å². The lowest BCUT2D eigenvalue weighted by molar-refractivity contribution is 0.906. The number of hydrogen-bond donors (Lipinski definition) is 0. The molecule has 0 aliphatic carbocycles. The van der Waals surface area contributed by atoms with Gasteiger partial charge in [-0.25, -0.2) is 0 Å². The molecule has 1 aromatic heterocycles. The largest absolute Gasteiger partial charge is 0.256 e. The zero-order valence-corrected chi connectivity index (χ0v) is 8.96. The molecule has 0 unspecified atom stereocenters. The lowest BCUT2D eigenvalue weighted by Crippen LogP contribution is -1.85. The van der Waals surface area contributed by atoms with Crippen molar-refractivity contribution >= 4 is 5.57 Å². The van der Waals surface area contributed by atoms with Crippen LogP contribution in [-0.2, 0) is 0 Å². The van der Waals surface area contributed by atoms with Crippen molar-refractivity contribution in [2.75, 3.05) is 0 Å². The molecule has 1 nitrogen and oxygen atoms in total. The van der Waals surface area contributed by atoms with Crippen molar-refractivity contribution in [3.8, 4) is 0 Å². The van der Waals surface area contributed by atoms with Crippen LogP contribution in [0.3, 0.4) is 0 Å². The molecule has 0 aromatic carbocycles. The number of allylic oxidation sites excluding steroid dienone is 3. The Hall–Kier alpha value is -1.37. The van der Waals surface area contributed by atoms with Crippen LogP contribution in [0.15, 0.2) is 42.6 Å². The summed E-state index contributed by atoms with van der Waals surface area (Å²) < 4.78 is 0. The molecular weight excluding hydrogens is 170 g/mol. The van der Waals surface area contributed by atoms with Crippen molar-refractivity contribution in [2.45, 2.75) is 26.7 Å². The predicted octanol–water partition coefficient (Wildman–Crippen LogP) is 3.84. The molecule has 1 rings (SSSR count). The molecule has 0 aliphatic heterocycles. The maximum Gasteiger partial charge on any atom is 0.0695 e. The Labute approximate surface area is 86.2 Å². The van der Waals surface area contributed by atoms with Crippen molar-refractivity contribution in [1.82, 2.24) is 4.98 Å². The van der Waals surface area contributed by atoms with Crippen LogP contribution in [0.4, 0.5) is 0 Å². The molecule has 14 heavy (non-hydrogen) atoms. The van der Waals surface area contributed by atoms with E-state index in [9.17, 15) is 0 Å². The summed E-state index contributed by atoms with van der Waals surface area (Å²) in [5.41, 5.74) is 3.32. The van der Waals surface area contributed by atoms with Crippen molar-refractivity contribution in [3.63, 3.8) is 0 Å². The molecule has 0 saturated heterocycles. The summed E-state index contributed by atoms with van der Waals surface area (Å²) in [5.74, 6) is 0. The predicted molar refractivity (Wildman–Crippen MR) is 61.9 cm³/mol. The number of rotatable bonds is 4. The first-order chi connectivity index (χ1) is 6.74. The first-order valence-electron chi connectivity index (χ1n) is 5.01. The molecule has 0 atom stereocenters. The van der Waals surface area contributed by atoms with Crippen LogP contribution in [0.5, 0.6) is 0 Å². The van der Waals surface area contributed by atoms with Gasteiger partial charge in [-0.3, -0.25) is 4.98 Å². The number of hydrogen-bond acceptors (Lipinski definition) is 1. The highest BCUT2D eigenvalue weighted by molar-refractivity contribution is 5.69. The van der Waals surface area contributed by atoms with Gasteiger partial charge in [0, 0.05) is 6.20 Å². The second kappa shape index (κ2) is 5.38. The normalized spacial score (nSPS) is 11.4. The molecule has 0 fully saturated rings. The summed E-state index contributed by atoms with van der Waals surface area (Å²) in [7, 11) is 0. The highest BCUT2D eigenvalue weighted by atomic mass is 14.7. The monoisotopic (exact) mass is 187 g/mol. The highest BCUT2D eigenvalue weighted by Gasteiger charge is 1.96. The van der Waals surface area contributed by atoms with E-state index in [2.05, 4.69) is 31.5 Å². The van der Waals surface area contributed by atoms with Crippen molar-refractivity contribution in [1.29, 1.82) is 0 Å². The highest BCUT2D eigenvalue weighted by Crippen LogP contribution is 2.14. The Kier molecular flexibility index (Phi) is 4.11. The molecule has 0 bridgehead atoms. The molecule has 1 heterocycles. The van der Waals surface area contributed by atoms with E-state index in [1.807, 2.05) is 18.2 Å². The maximum atomic E-state index is 4.25. The molecule has 0 N–H and O–H groups in total. The summed E-state index contributed by atoms with van der Waals surface area (Å²) in [5, 5.41) is 0. The van der Waals surface area contributed by atoms with Crippen LogP contribution in [-0.4, -0.2) is 4.98 Å². The van der Waals surface area contributed by atoms with E-state index < -0.39 is 0 Å². The van der Waals surface area contributed by atoms with Crippen LogP contribution in [0.25, 0.3) is 5.57 Å². The molecule has 0 amide bonds. The summed E-state index contributed by atoms with van der Waals surface area (Å²) >= 11 is 0. The summed E-state index contributed by atoms with van der Waals surface area (Å²) in [6, 6.07) is 5.88. The molecule has 1 aromatic rings. The van der Waals surface area contributed by atoms with Gasteiger partial charge in [-0.15, -0.1) is 0 Å². The Morgan fingerprint density at radius 1 is 1.50 bits per heavy atom. The molecule has 0 saturated carbocycles. The van der Waals surface area contributed by atoms with Gasteiger partial charge in [0.05, 0.1) is 5.69 Å². The Morgan fingerprint density at radius 3 is 2.86 bits per heavy atom. The zero-order chi connectivity index (χ0) is 10.4. The fourth-order valence-corrected chi connectivity index (χ4v) is 1.39. The first-order valence-corrected chi connectivity index (χ1v) is 5.01. The van der Waals surface area contributed by atoms with Crippen molar-refractivity contribution in [3.05, 3.63) is 48.3 Å². The van der Waals surface area contributed by atoms with Gasteiger partial charge in [0.25, 0.3) is 0 Å². The van der Waals surface area contributed by atoms with E-state index in [1.54, 1.807) is 6.20 Å². The fourth-order valence-electron chi connectivity index (χ4n) is 1.39. The third-order valence-corrected chi connectivity index (χ3v) is 2.06. The molecule has 74 valence electrons. The summed E-state index contributed by atoms with van der Waals surface area (Å²) in [6.07, 6.45) is 6.22. The lowest BCUT2D eigenvalue weighted by Gasteiger charge is -2.01. The van der Waals surface area contributed by atoms with Gasteiger partial charge < -0.3 is 0 Å². The van der Waals surface area contributed by atoms with Crippen LogP contribution in [0.2, 0.25) is 0 Å². The quantitative estimate of drug-likeness (QED) is 0.652.